The Kier molecular flexibility index (Phi) is 5.56. The zero-order valence-corrected chi connectivity index (χ0v) is 15.9. The number of nitrogens with one attached hydrogen (secondary N) is 3. The summed E-state index contributed by atoms with van der Waals surface area (Å²) < 4.78 is 29.8. The number of amides is 2. The number of anilines is 3. The average Bonchev–Trinajstić information content (AvgIpc) is 3.35. The lowest BCUT2D eigenvalue weighted by atomic mass is 10.3. The Morgan fingerprint density at radius 1 is 1.22 bits per heavy atom. The topological polar surface area (TPSA) is 139 Å². The maximum Gasteiger partial charge on any atom is 0.264 e. The summed E-state index contributed by atoms with van der Waals surface area (Å²) in [5, 5.41) is 12.7. The molecule has 27 heavy (non-hydrogen) atoms. The Labute approximate surface area is 159 Å². The van der Waals surface area contributed by atoms with Gasteiger partial charge in [-0.1, -0.05) is 17.4 Å². The second-order valence-electron chi connectivity index (χ2n) is 5.91. The summed E-state index contributed by atoms with van der Waals surface area (Å²) in [6.45, 7) is -0.283. The number of sulfonamides is 1. The standard InChI is InChI=1S/C15H17N5O5S2/c1-27(23,24)20-15-19-18-14(26-15)17-12(21)8-25-11-4-2-3-10(7-11)16-13(22)9-5-6-9/h2-4,7,9H,5-6,8H2,1H3,(H,16,22)(H,19,20)(H,17,18,21). The summed E-state index contributed by atoms with van der Waals surface area (Å²) >= 11 is 0.880. The molecule has 0 saturated heterocycles. The van der Waals surface area contributed by atoms with Gasteiger partial charge in [0.2, 0.25) is 26.2 Å². The molecule has 0 bridgehead atoms. The van der Waals surface area contributed by atoms with Gasteiger partial charge >= 0.3 is 0 Å². The maximum atomic E-state index is 11.9. The molecule has 3 rings (SSSR count). The van der Waals surface area contributed by atoms with Crippen LogP contribution >= 0.6 is 11.3 Å². The van der Waals surface area contributed by atoms with Gasteiger partial charge in [-0.05, 0) is 25.0 Å². The molecule has 0 unspecified atom stereocenters. The Balaban J connectivity index is 1.49. The number of nitrogens with zero attached hydrogens (tertiary/aromatic N) is 2. The van der Waals surface area contributed by atoms with E-state index in [1.165, 1.54) is 0 Å². The number of rotatable bonds is 8. The van der Waals surface area contributed by atoms with Crippen molar-refractivity contribution in [2.75, 3.05) is 28.2 Å². The zero-order chi connectivity index (χ0) is 19.4. The molecule has 2 aromatic rings. The SMILES string of the molecule is CS(=O)(=O)Nc1nnc(NC(=O)COc2cccc(NC(=O)C3CC3)c2)s1. The molecular weight excluding hydrogens is 394 g/mol. The van der Waals surface area contributed by atoms with Gasteiger partial charge < -0.3 is 10.1 Å². The summed E-state index contributed by atoms with van der Waals surface area (Å²) in [5.74, 6) is 0.0221. The van der Waals surface area contributed by atoms with Crippen LogP contribution in [-0.2, 0) is 19.6 Å². The predicted molar refractivity (Wildman–Crippen MR) is 100 cm³/mol. The van der Waals surface area contributed by atoms with Crippen LogP contribution in [0.1, 0.15) is 12.8 Å². The molecule has 2 amide bonds. The molecule has 1 saturated carbocycles. The van der Waals surface area contributed by atoms with Gasteiger partial charge in [-0.2, -0.15) is 0 Å². The molecule has 0 radical (unpaired) electrons. The summed E-state index contributed by atoms with van der Waals surface area (Å²) in [4.78, 5) is 23.7. The van der Waals surface area contributed by atoms with Gasteiger partial charge in [0.25, 0.3) is 5.91 Å². The highest BCUT2D eigenvalue weighted by Gasteiger charge is 2.29. The molecule has 1 aliphatic carbocycles. The lowest BCUT2D eigenvalue weighted by Crippen LogP contribution is -2.20. The van der Waals surface area contributed by atoms with Crippen molar-refractivity contribution in [1.82, 2.24) is 10.2 Å². The molecule has 1 aromatic heterocycles. The number of benzene rings is 1. The molecule has 0 aliphatic heterocycles. The molecule has 1 fully saturated rings. The molecule has 3 N–H and O–H groups in total. The van der Waals surface area contributed by atoms with E-state index in [-0.39, 0.29) is 28.7 Å². The molecular formula is C15H17N5O5S2. The maximum absolute atomic E-state index is 11.9. The summed E-state index contributed by atoms with van der Waals surface area (Å²) in [7, 11) is -3.46. The second kappa shape index (κ2) is 7.88. The Hall–Kier alpha value is -2.73. The van der Waals surface area contributed by atoms with Crippen molar-refractivity contribution in [3.8, 4) is 5.75 Å². The minimum absolute atomic E-state index is 0.0142. The van der Waals surface area contributed by atoms with E-state index in [9.17, 15) is 18.0 Å². The van der Waals surface area contributed by atoms with Gasteiger partial charge in [0.15, 0.2) is 6.61 Å². The third kappa shape index (κ3) is 6.18. The van der Waals surface area contributed by atoms with E-state index < -0.39 is 15.9 Å². The summed E-state index contributed by atoms with van der Waals surface area (Å²) in [5.41, 5.74) is 0.602. The predicted octanol–water partition coefficient (Wildman–Crippen LogP) is 1.28. The van der Waals surface area contributed by atoms with Crippen molar-refractivity contribution in [2.45, 2.75) is 12.8 Å². The van der Waals surface area contributed by atoms with E-state index in [0.717, 1.165) is 30.4 Å². The fourth-order valence-electron chi connectivity index (χ4n) is 2.03. The monoisotopic (exact) mass is 411 g/mol. The number of hydrogen-bond acceptors (Lipinski definition) is 8. The van der Waals surface area contributed by atoms with Gasteiger partial charge in [-0.3, -0.25) is 19.6 Å². The van der Waals surface area contributed by atoms with Gasteiger partial charge in [-0.25, -0.2) is 8.42 Å². The van der Waals surface area contributed by atoms with E-state index in [1.54, 1.807) is 24.3 Å². The van der Waals surface area contributed by atoms with Crippen molar-refractivity contribution >= 4 is 49.1 Å². The van der Waals surface area contributed by atoms with Crippen LogP contribution in [0.15, 0.2) is 24.3 Å². The number of ether oxygens (including phenoxy) is 1. The van der Waals surface area contributed by atoms with Crippen LogP contribution in [0.5, 0.6) is 5.75 Å². The lowest BCUT2D eigenvalue weighted by Gasteiger charge is -2.08. The van der Waals surface area contributed by atoms with Crippen LogP contribution in [0.3, 0.4) is 0 Å². The lowest BCUT2D eigenvalue weighted by molar-refractivity contribution is -0.118. The van der Waals surface area contributed by atoms with Crippen molar-refractivity contribution in [3.05, 3.63) is 24.3 Å². The third-order valence-electron chi connectivity index (χ3n) is 3.36. The summed E-state index contributed by atoms with van der Waals surface area (Å²) in [6.07, 6.45) is 2.81. The van der Waals surface area contributed by atoms with Crippen molar-refractivity contribution in [1.29, 1.82) is 0 Å². The van der Waals surface area contributed by atoms with Crippen LogP contribution in [0.2, 0.25) is 0 Å². The fraction of sp³-hybridized carbons (Fsp3) is 0.333. The van der Waals surface area contributed by atoms with Crippen LogP contribution < -0.4 is 20.1 Å². The molecule has 144 valence electrons. The number of aromatic nitrogens is 2. The van der Waals surface area contributed by atoms with Crippen LogP contribution in [-0.4, -0.2) is 43.3 Å². The quantitative estimate of drug-likeness (QED) is 0.594. The molecule has 1 aromatic carbocycles. The highest BCUT2D eigenvalue weighted by molar-refractivity contribution is 7.92. The van der Waals surface area contributed by atoms with Crippen LogP contribution in [0, 0.1) is 5.92 Å². The van der Waals surface area contributed by atoms with E-state index in [1.807, 2.05) is 0 Å². The molecule has 0 atom stereocenters. The first-order valence-electron chi connectivity index (χ1n) is 7.93. The highest BCUT2D eigenvalue weighted by atomic mass is 32.2. The minimum Gasteiger partial charge on any atom is -0.484 e. The van der Waals surface area contributed by atoms with Gasteiger partial charge in [0.1, 0.15) is 5.75 Å². The van der Waals surface area contributed by atoms with Crippen molar-refractivity contribution in [3.63, 3.8) is 0 Å². The first-order chi connectivity index (χ1) is 12.8. The molecule has 12 heteroatoms. The normalized spacial score (nSPS) is 13.7. The van der Waals surface area contributed by atoms with Gasteiger partial charge in [0.05, 0.1) is 6.26 Å². The van der Waals surface area contributed by atoms with Gasteiger partial charge in [-0.15, -0.1) is 10.2 Å². The average molecular weight is 411 g/mol. The molecule has 10 nitrogen and oxygen atoms in total. The fourth-order valence-corrected chi connectivity index (χ4v) is 3.52. The Bertz CT molecular complexity index is 955. The van der Waals surface area contributed by atoms with Crippen molar-refractivity contribution in [2.24, 2.45) is 5.92 Å². The highest BCUT2D eigenvalue weighted by Crippen LogP contribution is 2.30. The largest absolute Gasteiger partial charge is 0.484 e. The first kappa shape index (κ1) is 19.0. The second-order valence-corrected chi connectivity index (χ2v) is 8.64. The Morgan fingerprint density at radius 2 is 1.96 bits per heavy atom. The number of hydrogen-bond donors (Lipinski definition) is 3. The van der Waals surface area contributed by atoms with Gasteiger partial charge in [0, 0.05) is 17.7 Å². The number of carbonyl (C=O) groups is 2. The molecule has 0 spiro atoms. The first-order valence-corrected chi connectivity index (χ1v) is 10.6. The minimum atomic E-state index is -3.46. The smallest absolute Gasteiger partial charge is 0.264 e. The molecule has 1 heterocycles. The van der Waals surface area contributed by atoms with E-state index >= 15 is 0 Å². The number of carbonyl (C=O) groups excluding carboxylic acids is 2. The molecule has 1 aliphatic rings. The van der Waals surface area contributed by atoms with Crippen LogP contribution in [0.25, 0.3) is 0 Å². The van der Waals surface area contributed by atoms with E-state index in [4.69, 9.17) is 4.74 Å². The Morgan fingerprint density at radius 3 is 2.67 bits per heavy atom. The zero-order valence-electron chi connectivity index (χ0n) is 14.3. The van der Waals surface area contributed by atoms with Crippen LogP contribution in [0.4, 0.5) is 16.0 Å². The third-order valence-corrected chi connectivity index (χ3v) is 4.81. The van der Waals surface area contributed by atoms with E-state index in [0.29, 0.717) is 11.4 Å². The summed E-state index contributed by atoms with van der Waals surface area (Å²) in [6, 6.07) is 6.75. The van der Waals surface area contributed by atoms with E-state index in [2.05, 4.69) is 25.6 Å². The van der Waals surface area contributed by atoms with Crippen molar-refractivity contribution < 1.29 is 22.7 Å².